The number of rotatable bonds is 5. The molecule has 0 saturated carbocycles. The Balaban J connectivity index is 1.43. The molecule has 0 saturated heterocycles. The summed E-state index contributed by atoms with van der Waals surface area (Å²) >= 11 is 0. The van der Waals surface area contributed by atoms with Crippen LogP contribution in [0.25, 0.3) is 0 Å². The quantitative estimate of drug-likeness (QED) is 0.818. The number of carbonyl (C=O) groups excluding carboxylic acids is 1. The fourth-order valence-electron chi connectivity index (χ4n) is 2.12. The van der Waals surface area contributed by atoms with Crippen LogP contribution in [0.15, 0.2) is 48.8 Å². The van der Waals surface area contributed by atoms with Gasteiger partial charge in [-0.1, -0.05) is 12.1 Å². The Hall–Kier alpha value is -2.76. The molecule has 0 radical (unpaired) electrons. The summed E-state index contributed by atoms with van der Waals surface area (Å²) in [5, 5.41) is 6.00. The van der Waals surface area contributed by atoms with Gasteiger partial charge in [0.2, 0.25) is 6.10 Å². The highest BCUT2D eigenvalue weighted by Gasteiger charge is 2.26. The number of hydrogen-bond acceptors (Lipinski definition) is 5. The molecule has 1 aliphatic rings. The fourth-order valence-corrected chi connectivity index (χ4v) is 2.12. The number of ether oxygens (including phenoxy) is 2. The third kappa shape index (κ3) is 3.46. The summed E-state index contributed by atoms with van der Waals surface area (Å²) in [5.74, 6) is 1.09. The first-order valence-corrected chi connectivity index (χ1v) is 7.13. The lowest BCUT2D eigenvalue weighted by Gasteiger charge is -2.25. The van der Waals surface area contributed by atoms with Crippen LogP contribution >= 0.6 is 0 Å². The molecule has 0 spiro atoms. The average molecular weight is 299 g/mol. The predicted molar refractivity (Wildman–Crippen MR) is 82.1 cm³/mol. The number of fused-ring (bicyclic) bond motifs is 1. The molecule has 1 aromatic carbocycles. The first-order valence-electron chi connectivity index (χ1n) is 7.13. The number of nitrogens with zero attached hydrogens (tertiary/aromatic N) is 1. The summed E-state index contributed by atoms with van der Waals surface area (Å²) in [6.45, 7) is 1.33. The predicted octanol–water partition coefficient (Wildman–Crippen LogP) is 1.45. The van der Waals surface area contributed by atoms with E-state index < -0.39 is 6.10 Å². The highest BCUT2D eigenvalue weighted by molar-refractivity contribution is 5.81. The molecule has 1 aromatic heterocycles. The molecule has 0 unspecified atom stereocenters. The van der Waals surface area contributed by atoms with Crippen molar-refractivity contribution in [3.8, 4) is 11.5 Å². The van der Waals surface area contributed by atoms with Gasteiger partial charge in [0.25, 0.3) is 5.91 Å². The lowest BCUT2D eigenvalue weighted by Crippen LogP contribution is -2.45. The summed E-state index contributed by atoms with van der Waals surface area (Å²) in [6, 6.07) is 11.1. The van der Waals surface area contributed by atoms with E-state index in [2.05, 4.69) is 15.6 Å². The Morgan fingerprint density at radius 3 is 2.86 bits per heavy atom. The van der Waals surface area contributed by atoms with E-state index in [4.69, 9.17) is 9.47 Å². The monoisotopic (exact) mass is 299 g/mol. The molecular formula is C16H17N3O3. The SMILES string of the molecule is O=C(NCCNc1cccnc1)[C@H]1COc2ccccc2O1. The number of anilines is 1. The maximum atomic E-state index is 12.1. The first-order chi connectivity index (χ1) is 10.8. The van der Waals surface area contributed by atoms with Crippen LogP contribution in [-0.2, 0) is 4.79 Å². The molecule has 1 aliphatic heterocycles. The lowest BCUT2D eigenvalue weighted by atomic mass is 10.2. The molecule has 2 heterocycles. The number of carbonyl (C=O) groups is 1. The van der Waals surface area contributed by atoms with Crippen molar-refractivity contribution < 1.29 is 14.3 Å². The van der Waals surface area contributed by atoms with Crippen molar-refractivity contribution in [1.82, 2.24) is 10.3 Å². The number of benzene rings is 1. The van der Waals surface area contributed by atoms with Crippen LogP contribution in [0, 0.1) is 0 Å². The number of pyridine rings is 1. The molecule has 3 rings (SSSR count). The molecular weight excluding hydrogens is 282 g/mol. The fraction of sp³-hybridized carbons (Fsp3) is 0.250. The molecule has 1 amide bonds. The van der Waals surface area contributed by atoms with Crippen molar-refractivity contribution in [3.05, 3.63) is 48.8 Å². The molecule has 1 atom stereocenters. The summed E-state index contributed by atoms with van der Waals surface area (Å²) in [6.07, 6.45) is 2.83. The molecule has 6 heteroatoms. The van der Waals surface area contributed by atoms with Crippen molar-refractivity contribution in [2.24, 2.45) is 0 Å². The number of amides is 1. The largest absolute Gasteiger partial charge is 0.485 e. The van der Waals surface area contributed by atoms with Crippen molar-refractivity contribution in [2.45, 2.75) is 6.10 Å². The Morgan fingerprint density at radius 1 is 1.18 bits per heavy atom. The van der Waals surface area contributed by atoms with E-state index in [-0.39, 0.29) is 12.5 Å². The minimum Gasteiger partial charge on any atom is -0.485 e. The highest BCUT2D eigenvalue weighted by atomic mass is 16.6. The molecule has 2 N–H and O–H groups in total. The van der Waals surface area contributed by atoms with Crippen molar-refractivity contribution in [3.63, 3.8) is 0 Å². The van der Waals surface area contributed by atoms with Gasteiger partial charge >= 0.3 is 0 Å². The van der Waals surface area contributed by atoms with E-state index in [9.17, 15) is 4.79 Å². The van der Waals surface area contributed by atoms with Crippen LogP contribution in [0.5, 0.6) is 11.5 Å². The van der Waals surface area contributed by atoms with Crippen LogP contribution < -0.4 is 20.1 Å². The second-order valence-electron chi connectivity index (χ2n) is 4.82. The minimum atomic E-state index is -0.617. The number of nitrogens with one attached hydrogen (secondary N) is 2. The van der Waals surface area contributed by atoms with Crippen molar-refractivity contribution >= 4 is 11.6 Å². The van der Waals surface area contributed by atoms with E-state index in [1.54, 1.807) is 18.5 Å². The highest BCUT2D eigenvalue weighted by Crippen LogP contribution is 2.30. The van der Waals surface area contributed by atoms with E-state index >= 15 is 0 Å². The number of hydrogen-bond donors (Lipinski definition) is 2. The zero-order chi connectivity index (χ0) is 15.2. The van der Waals surface area contributed by atoms with Gasteiger partial charge in [0, 0.05) is 25.5 Å². The van der Waals surface area contributed by atoms with Crippen LogP contribution in [0.4, 0.5) is 5.69 Å². The third-order valence-electron chi connectivity index (χ3n) is 3.22. The normalized spacial score (nSPS) is 15.9. The Bertz CT molecular complexity index is 634. The van der Waals surface area contributed by atoms with Gasteiger partial charge in [-0.2, -0.15) is 0 Å². The zero-order valence-electron chi connectivity index (χ0n) is 12.0. The van der Waals surface area contributed by atoms with Gasteiger partial charge in [-0.15, -0.1) is 0 Å². The second kappa shape index (κ2) is 6.80. The Labute approximate surface area is 128 Å². The molecule has 0 bridgehead atoms. The molecule has 0 aliphatic carbocycles. The summed E-state index contributed by atoms with van der Waals surface area (Å²) in [5.41, 5.74) is 0.919. The van der Waals surface area contributed by atoms with Gasteiger partial charge in [0.05, 0.1) is 5.69 Å². The second-order valence-corrected chi connectivity index (χ2v) is 4.82. The zero-order valence-corrected chi connectivity index (χ0v) is 12.0. The van der Waals surface area contributed by atoms with Crippen LogP contribution in [0.1, 0.15) is 0 Å². The topological polar surface area (TPSA) is 72.5 Å². The van der Waals surface area contributed by atoms with Gasteiger partial charge in [-0.25, -0.2) is 0 Å². The van der Waals surface area contributed by atoms with E-state index in [0.29, 0.717) is 24.6 Å². The van der Waals surface area contributed by atoms with E-state index in [0.717, 1.165) is 5.69 Å². The third-order valence-corrected chi connectivity index (χ3v) is 3.22. The van der Waals surface area contributed by atoms with Crippen molar-refractivity contribution in [1.29, 1.82) is 0 Å². The van der Waals surface area contributed by atoms with E-state index in [1.807, 2.05) is 30.3 Å². The van der Waals surface area contributed by atoms with E-state index in [1.165, 1.54) is 0 Å². The number of para-hydroxylation sites is 2. The minimum absolute atomic E-state index is 0.178. The maximum Gasteiger partial charge on any atom is 0.264 e. The Morgan fingerprint density at radius 2 is 2.05 bits per heavy atom. The first kappa shape index (κ1) is 14.2. The molecule has 2 aromatic rings. The van der Waals surface area contributed by atoms with Gasteiger partial charge < -0.3 is 20.1 Å². The van der Waals surface area contributed by atoms with Crippen molar-refractivity contribution in [2.75, 3.05) is 25.0 Å². The maximum absolute atomic E-state index is 12.1. The summed E-state index contributed by atoms with van der Waals surface area (Å²) in [4.78, 5) is 16.1. The average Bonchev–Trinajstić information content (AvgIpc) is 2.59. The van der Waals surface area contributed by atoms with Crippen LogP contribution in [0.2, 0.25) is 0 Å². The smallest absolute Gasteiger partial charge is 0.264 e. The molecule has 114 valence electrons. The van der Waals surface area contributed by atoms with Crippen LogP contribution in [-0.4, -0.2) is 36.7 Å². The Kier molecular flexibility index (Phi) is 4.38. The van der Waals surface area contributed by atoms with Gasteiger partial charge in [0.1, 0.15) is 6.61 Å². The molecule has 6 nitrogen and oxygen atoms in total. The summed E-state index contributed by atoms with van der Waals surface area (Å²) < 4.78 is 11.2. The van der Waals surface area contributed by atoms with Gasteiger partial charge in [-0.05, 0) is 24.3 Å². The molecule has 22 heavy (non-hydrogen) atoms. The van der Waals surface area contributed by atoms with Gasteiger partial charge in [-0.3, -0.25) is 9.78 Å². The van der Waals surface area contributed by atoms with Gasteiger partial charge in [0.15, 0.2) is 11.5 Å². The lowest BCUT2D eigenvalue weighted by molar-refractivity contribution is -0.130. The number of aromatic nitrogens is 1. The summed E-state index contributed by atoms with van der Waals surface area (Å²) in [7, 11) is 0. The standard InChI is InChI=1S/C16H17N3O3/c20-16(19-9-8-18-12-4-3-7-17-10-12)15-11-21-13-5-1-2-6-14(13)22-15/h1-7,10,15,18H,8-9,11H2,(H,19,20)/t15-/m1/s1. The molecule has 0 fully saturated rings. The van der Waals surface area contributed by atoms with Crippen LogP contribution in [0.3, 0.4) is 0 Å².